The van der Waals surface area contributed by atoms with Gasteiger partial charge in [-0.05, 0) is 323 Å². The maximum absolute atomic E-state index is 13.5. The van der Waals surface area contributed by atoms with Crippen LogP contribution in [-0.4, -0.2) is 142 Å². The lowest BCUT2D eigenvalue weighted by atomic mass is 9.51. The summed E-state index contributed by atoms with van der Waals surface area (Å²) in [6.07, 6.45) is 37.5. The Morgan fingerprint density at radius 3 is 1.36 bits per heavy atom. The second-order valence-corrected chi connectivity index (χ2v) is 47.6. The first-order valence-electron chi connectivity index (χ1n) is 46.6. The number of ether oxygens (including phenoxy) is 4. The molecule has 20 heteroatoms. The van der Waals surface area contributed by atoms with E-state index in [1.54, 1.807) is 27.9 Å². The molecule has 664 valence electrons. The van der Waals surface area contributed by atoms with Crippen molar-refractivity contribution in [1.82, 2.24) is 33.9 Å². The first-order chi connectivity index (χ1) is 55.6. The van der Waals surface area contributed by atoms with Gasteiger partial charge in [0.2, 0.25) is 0 Å². The van der Waals surface area contributed by atoms with Gasteiger partial charge in [-0.2, -0.15) is 18.4 Å². The summed E-state index contributed by atoms with van der Waals surface area (Å²) in [5, 5.41) is 26.6. The van der Waals surface area contributed by atoms with Crippen LogP contribution in [0.2, 0.25) is 0 Å². The van der Waals surface area contributed by atoms with E-state index in [4.69, 9.17) is 18.9 Å². The van der Waals surface area contributed by atoms with Crippen LogP contribution >= 0.6 is 0 Å². The number of piperidine rings is 3. The van der Waals surface area contributed by atoms with Crippen LogP contribution in [0.25, 0.3) is 0 Å². The van der Waals surface area contributed by atoms with Crippen molar-refractivity contribution in [3.63, 3.8) is 0 Å². The summed E-state index contributed by atoms with van der Waals surface area (Å²) in [6.45, 7) is 32.1. The molecule has 0 unspecified atom stereocenters. The van der Waals surface area contributed by atoms with Crippen molar-refractivity contribution in [2.75, 3.05) is 32.1 Å². The fourth-order valence-electron chi connectivity index (χ4n) is 31.5. The van der Waals surface area contributed by atoms with Crippen LogP contribution in [-0.2, 0) is 76.1 Å². The molecule has 12 aliphatic carbocycles. The number of carbonyl (C=O) groups excluding carboxylic acids is 2. The summed E-state index contributed by atoms with van der Waals surface area (Å²) in [4.78, 5) is 28.2. The maximum Gasteiger partial charge on any atom is 0.410 e. The number of hydrogen-bond acceptors (Lipinski definition) is 15. The van der Waals surface area contributed by atoms with E-state index in [1.807, 2.05) is 47.6 Å². The molecule has 1 amide bonds. The van der Waals surface area contributed by atoms with Crippen molar-refractivity contribution in [1.29, 1.82) is 0 Å². The average molecular weight is 1690 g/mol. The van der Waals surface area contributed by atoms with Crippen LogP contribution in [0.4, 0.5) is 4.79 Å². The zero-order valence-corrected chi connectivity index (χ0v) is 74.6. The lowest BCUT2D eigenvalue weighted by Gasteiger charge is -2.52. The molecule has 8 heterocycles. The van der Waals surface area contributed by atoms with Gasteiger partial charge in [0.05, 0.1) is 71.3 Å². The number of likely N-dealkylation sites (tertiary alicyclic amines) is 1. The Bertz CT molecular complexity index is 4580. The zero-order valence-electron chi connectivity index (χ0n) is 73.0. The van der Waals surface area contributed by atoms with Gasteiger partial charge in [0, 0.05) is 60.8 Å². The highest BCUT2D eigenvalue weighted by atomic mass is 32.2. The molecule has 7 saturated carbocycles. The van der Waals surface area contributed by atoms with Gasteiger partial charge in [-0.15, -0.1) is 0 Å². The first kappa shape index (κ1) is 88.5. The number of carbonyl (C=O) groups is 2. The molecular formula is C100H151N7O11S2. The van der Waals surface area contributed by atoms with E-state index in [1.165, 1.54) is 121 Å². The third-order valence-electron chi connectivity index (χ3n) is 37.6. The first-order valence-corrected chi connectivity index (χ1v) is 50.3. The lowest BCUT2D eigenvalue weighted by Crippen LogP contribution is -2.54. The highest BCUT2D eigenvalue weighted by Gasteiger charge is 2.65. The van der Waals surface area contributed by atoms with Crippen LogP contribution in [0.15, 0.2) is 88.0 Å². The summed E-state index contributed by atoms with van der Waals surface area (Å²) in [7, 11) is -6.68. The molecule has 13 fully saturated rings. The number of aliphatic hydroxyl groups is 1. The van der Waals surface area contributed by atoms with Crippen LogP contribution in [0.1, 0.15) is 281 Å². The van der Waals surface area contributed by atoms with Gasteiger partial charge in [-0.3, -0.25) is 4.79 Å². The third-order valence-corrected chi connectivity index (χ3v) is 39.3. The minimum absolute atomic E-state index is 0. The molecule has 3 spiro atoms. The monoisotopic (exact) mass is 1690 g/mol. The summed E-state index contributed by atoms with van der Waals surface area (Å²) >= 11 is 0. The van der Waals surface area contributed by atoms with Crippen LogP contribution in [0.5, 0.6) is 0 Å². The van der Waals surface area contributed by atoms with Crippen molar-refractivity contribution >= 4 is 31.9 Å². The highest BCUT2D eigenvalue weighted by molar-refractivity contribution is 7.89. The minimum Gasteiger partial charge on any atom is -0.515 e. The number of Topliss-reactive ketones (excluding diaryl/α,β-unsaturated/α-hetero) is 1. The van der Waals surface area contributed by atoms with Gasteiger partial charge in [0.1, 0.15) is 6.61 Å². The third kappa shape index (κ3) is 14.6. The Morgan fingerprint density at radius 1 is 0.533 bits per heavy atom. The highest BCUT2D eigenvalue weighted by Crippen LogP contribution is 2.69. The van der Waals surface area contributed by atoms with Crippen molar-refractivity contribution in [3.8, 4) is 0 Å². The summed E-state index contributed by atoms with van der Waals surface area (Å²) in [5.41, 5.74) is 16.2. The predicted molar refractivity (Wildman–Crippen MR) is 475 cm³/mol. The van der Waals surface area contributed by atoms with Gasteiger partial charge in [0.15, 0.2) is 5.78 Å². The fourth-order valence-corrected chi connectivity index (χ4v) is 32.6. The van der Waals surface area contributed by atoms with Crippen molar-refractivity contribution < 1.29 is 50.5 Å². The molecule has 3 N–H and O–H groups in total. The van der Waals surface area contributed by atoms with E-state index >= 15 is 0 Å². The van der Waals surface area contributed by atoms with Crippen molar-refractivity contribution in [3.05, 3.63) is 116 Å². The second kappa shape index (κ2) is 32.1. The van der Waals surface area contributed by atoms with Gasteiger partial charge in [-0.25, -0.2) is 21.6 Å². The van der Waals surface area contributed by atoms with Gasteiger partial charge >= 0.3 is 6.09 Å². The average Bonchev–Trinajstić information content (AvgIpc) is 1.55. The van der Waals surface area contributed by atoms with E-state index < -0.39 is 20.0 Å². The van der Waals surface area contributed by atoms with Crippen molar-refractivity contribution in [2.45, 2.75) is 339 Å². The predicted octanol–water partition coefficient (Wildman–Crippen LogP) is 19.1. The Labute approximate surface area is 721 Å². The Morgan fingerprint density at radius 2 is 0.933 bits per heavy atom. The molecule has 21 rings (SSSR count). The smallest absolute Gasteiger partial charge is 0.410 e. The molecular weight excluding hydrogens is 1540 g/mol. The Balaban J connectivity index is 0.000000133. The number of benzene rings is 1. The number of fused-ring (bicyclic) bond motifs is 20. The fraction of sp³-hybridized carbons (Fsp3) is 0.780. The Kier molecular flexibility index (Phi) is 23.7. The molecule has 18 aliphatic rings. The molecule has 2 aromatic heterocycles. The van der Waals surface area contributed by atoms with Gasteiger partial charge < -0.3 is 39.6 Å². The minimum atomic E-state index is -3.34. The summed E-state index contributed by atoms with van der Waals surface area (Å²) in [6, 6.07) is 11.0. The van der Waals surface area contributed by atoms with Gasteiger partial charge in [0.25, 0.3) is 20.0 Å². The standard InChI is InChI=1S/C37H49NO5.2C30H45N3O3S.3CH4/c1-22-14-33-34(38(19-22)35(41)42-21-25-8-6-5-7-9-25)24(3)37(43-33)13-12-28-29-11-10-27-15-32(40)26(20-39)18-36(27,4)31(29)16-30(28)23(2)17-37;2*1-17-10-27-28(31-15-17)19(3)30(36-27)9-8-22-23-7-6-21-11-26-20(16-33(32-26)37(5,34)35)14-29(21,4)25(23)12-24(22)18(2)13-30;;;/h5-9,20,22,24,27-29,31,33-34,39H,10-19,21H2,1-4H3;2*16-17,19,21-23,25,27-28,31H,6-15H2,1-5H3;3*1H4/b26-20-;;;;;/t22-,24+,27+,28-,29-,31-,33+,34-,36-,37-;2*17-,19+,21+,22-,23-,25-,27+,28-,29-,30-;;;/m000.../s1. The number of nitrogens with zero attached hydrogens (tertiary/aromatic N) is 5. The van der Waals surface area contributed by atoms with Crippen LogP contribution in [0, 0.1) is 123 Å². The zero-order chi connectivity index (χ0) is 81.9. The largest absolute Gasteiger partial charge is 0.515 e. The molecule has 1 aromatic carbocycles. The summed E-state index contributed by atoms with van der Waals surface area (Å²) in [5.74, 6) is 11.0. The molecule has 3 aromatic rings. The van der Waals surface area contributed by atoms with E-state index in [0.717, 1.165) is 138 Å². The quantitative estimate of drug-likeness (QED) is 0.126. The number of hydrogen-bond donors (Lipinski definition) is 3. The number of aromatic nitrogens is 4. The van der Waals surface area contributed by atoms with Crippen LogP contribution in [0.3, 0.4) is 0 Å². The van der Waals surface area contributed by atoms with Crippen LogP contribution < -0.4 is 10.6 Å². The number of aliphatic hydroxyl groups excluding tert-OH is 1. The molecule has 0 radical (unpaired) electrons. The van der Waals surface area contributed by atoms with E-state index in [0.29, 0.717) is 132 Å². The number of ketones is 1. The molecule has 120 heavy (non-hydrogen) atoms. The topological polar surface area (TPSA) is 223 Å². The number of rotatable bonds is 4. The van der Waals surface area contributed by atoms with E-state index in [-0.39, 0.29) is 85.3 Å². The van der Waals surface area contributed by atoms with Gasteiger partial charge in [-0.1, -0.05) is 148 Å². The molecule has 6 saturated heterocycles. The van der Waals surface area contributed by atoms with E-state index in [9.17, 15) is 31.5 Å². The van der Waals surface area contributed by atoms with Crippen molar-refractivity contribution in [2.24, 2.45) is 123 Å². The molecule has 0 bridgehead atoms. The molecule has 6 aliphatic heterocycles. The Hall–Kier alpha value is -4.96. The number of allylic oxidation sites excluding steroid dienone is 4. The molecule has 30 atom stereocenters. The number of amides is 1. The second-order valence-electron chi connectivity index (χ2n) is 43.9. The number of nitrogens with one attached hydrogen (secondary N) is 2. The normalized spacial score (nSPS) is 44.6. The lowest BCUT2D eigenvalue weighted by molar-refractivity contribution is -0.124. The summed E-state index contributed by atoms with van der Waals surface area (Å²) < 4.78 is 78.3. The van der Waals surface area contributed by atoms with E-state index in [2.05, 4.69) is 104 Å². The SMILES string of the molecule is C.C.C.CC1=C2C[C@H]3[C@@H](CC[C@@H]4CC(=O)/C(=C\O)C[C@@]43C)[C@@H]2CC[C@@]2(C1)O[C@@H]1C[C@H](C)CN(C(=O)OCc3ccccc3)[C@H]1[C@H]2C.CC1=C2C[C@H]3[C@@H](CC[C@@H]4Cc5nn(S(C)(=O)=O)cc5C[C@@]43C)[C@@H]2CC[C@@]2(C1)O[C@@H]1C[C@H](C)CN[C@H]1[C@H]2C.CC1=C2C[C@H]3[C@@H](CC[C@@H]4Cc5nn(S(C)(=O)=O)cc5C[C@@]43C)[C@@H]2CC[C@@]2(C1)O[C@@H]1C[C@H](C)CN[C@H]1[C@H]2C. The maximum atomic E-state index is 13.5. The molecule has 18 nitrogen and oxygen atoms in total.